The smallest absolute Gasteiger partial charge is 0.217 e. The van der Waals surface area contributed by atoms with Gasteiger partial charge in [-0.05, 0) is 62.4 Å². The number of carbonyl (C=O) groups excluding carboxylic acids is 1. The van der Waals surface area contributed by atoms with Gasteiger partial charge in [-0.2, -0.15) is 0 Å². The summed E-state index contributed by atoms with van der Waals surface area (Å²) in [5.41, 5.74) is 3.54. The molecule has 4 rings (SSSR count). The van der Waals surface area contributed by atoms with Crippen LogP contribution in [0.4, 0.5) is 11.5 Å². The fourth-order valence-corrected chi connectivity index (χ4v) is 4.56. The van der Waals surface area contributed by atoms with Crippen LogP contribution in [0.1, 0.15) is 45.1 Å². The van der Waals surface area contributed by atoms with Crippen LogP contribution >= 0.6 is 24.8 Å². The SMILES string of the molecule is CCN(Cc1cc(N[C@H]2CC[C@@H](NC(C)=O)CC2)nc2ccccc12)c1ccccc1.Cl.Cl. The number of nitrogens with zero attached hydrogens (tertiary/aromatic N) is 2. The topological polar surface area (TPSA) is 57.3 Å². The fraction of sp³-hybridized carbons (Fsp3) is 0.385. The van der Waals surface area contributed by atoms with Gasteiger partial charge in [0.25, 0.3) is 0 Å². The second kappa shape index (κ2) is 12.7. The first-order valence-corrected chi connectivity index (χ1v) is 11.3. The summed E-state index contributed by atoms with van der Waals surface area (Å²) < 4.78 is 0. The molecule has 0 aliphatic heterocycles. The Bertz CT molecular complexity index is 1020. The number of amides is 1. The first-order valence-electron chi connectivity index (χ1n) is 11.3. The number of anilines is 2. The molecule has 0 unspecified atom stereocenters. The minimum Gasteiger partial charge on any atom is -0.367 e. The van der Waals surface area contributed by atoms with Gasteiger partial charge in [-0.3, -0.25) is 4.79 Å². The molecule has 1 aromatic heterocycles. The third-order valence-electron chi connectivity index (χ3n) is 6.15. The highest BCUT2D eigenvalue weighted by Crippen LogP contribution is 2.27. The molecule has 0 radical (unpaired) electrons. The molecule has 0 saturated heterocycles. The lowest BCUT2D eigenvalue weighted by molar-refractivity contribution is -0.119. The monoisotopic (exact) mass is 488 g/mol. The molecule has 0 spiro atoms. The number of nitrogens with one attached hydrogen (secondary N) is 2. The lowest BCUT2D eigenvalue weighted by atomic mass is 9.91. The van der Waals surface area contributed by atoms with Crippen LogP contribution in [0.5, 0.6) is 0 Å². The molecular weight excluding hydrogens is 455 g/mol. The zero-order valence-electron chi connectivity index (χ0n) is 19.3. The predicted octanol–water partition coefficient (Wildman–Crippen LogP) is 5.96. The van der Waals surface area contributed by atoms with Crippen LogP contribution in [0.2, 0.25) is 0 Å². The van der Waals surface area contributed by atoms with Gasteiger partial charge in [-0.25, -0.2) is 4.98 Å². The molecule has 0 atom stereocenters. The van der Waals surface area contributed by atoms with E-state index in [4.69, 9.17) is 4.98 Å². The van der Waals surface area contributed by atoms with Crippen molar-refractivity contribution in [3.63, 3.8) is 0 Å². The van der Waals surface area contributed by atoms with Gasteiger partial charge in [-0.1, -0.05) is 36.4 Å². The Morgan fingerprint density at radius 2 is 1.61 bits per heavy atom. The minimum atomic E-state index is 0. The molecule has 1 amide bonds. The molecule has 1 aliphatic carbocycles. The summed E-state index contributed by atoms with van der Waals surface area (Å²) >= 11 is 0. The first kappa shape index (κ1) is 26.7. The number of rotatable bonds is 7. The number of halogens is 2. The van der Waals surface area contributed by atoms with E-state index in [0.29, 0.717) is 12.1 Å². The van der Waals surface area contributed by atoms with Gasteiger partial charge < -0.3 is 15.5 Å². The number of aromatic nitrogens is 1. The Balaban J connectivity index is 0.00000193. The number of carbonyl (C=O) groups is 1. The summed E-state index contributed by atoms with van der Waals surface area (Å²) in [5.74, 6) is 1.01. The highest BCUT2D eigenvalue weighted by atomic mass is 35.5. The van der Waals surface area contributed by atoms with Gasteiger partial charge in [0.2, 0.25) is 5.91 Å². The fourth-order valence-electron chi connectivity index (χ4n) is 4.56. The van der Waals surface area contributed by atoms with E-state index in [-0.39, 0.29) is 30.7 Å². The maximum absolute atomic E-state index is 11.3. The van der Waals surface area contributed by atoms with Crippen LogP contribution in [0.15, 0.2) is 60.7 Å². The second-order valence-corrected chi connectivity index (χ2v) is 8.43. The van der Waals surface area contributed by atoms with Crippen molar-refractivity contribution in [1.29, 1.82) is 0 Å². The van der Waals surface area contributed by atoms with Crippen molar-refractivity contribution in [3.8, 4) is 0 Å². The lowest BCUT2D eigenvalue weighted by Crippen LogP contribution is -2.39. The van der Waals surface area contributed by atoms with Crippen LogP contribution in [0.25, 0.3) is 10.9 Å². The average Bonchev–Trinajstić information content (AvgIpc) is 2.79. The van der Waals surface area contributed by atoms with E-state index in [1.165, 1.54) is 16.6 Å². The van der Waals surface area contributed by atoms with Crippen molar-refractivity contribution in [3.05, 3.63) is 66.2 Å². The molecule has 7 heteroatoms. The van der Waals surface area contributed by atoms with Crippen LogP contribution in [0, 0.1) is 0 Å². The molecule has 33 heavy (non-hydrogen) atoms. The second-order valence-electron chi connectivity index (χ2n) is 8.43. The molecule has 2 N–H and O–H groups in total. The van der Waals surface area contributed by atoms with Gasteiger partial charge in [-0.15, -0.1) is 24.8 Å². The molecule has 3 aromatic rings. The van der Waals surface area contributed by atoms with Crippen LogP contribution in [-0.2, 0) is 11.3 Å². The van der Waals surface area contributed by atoms with Gasteiger partial charge in [0.1, 0.15) is 5.82 Å². The third-order valence-corrected chi connectivity index (χ3v) is 6.15. The molecule has 178 valence electrons. The quantitative estimate of drug-likeness (QED) is 0.430. The third kappa shape index (κ3) is 6.99. The summed E-state index contributed by atoms with van der Waals surface area (Å²) in [6, 6.07) is 21.9. The lowest BCUT2D eigenvalue weighted by Gasteiger charge is -2.30. The standard InChI is InChI=1S/C26H32N4O.2ClH/c1-3-30(23-9-5-4-6-10-23)18-20-17-26(29-25-12-8-7-11-24(20)25)28-22-15-13-21(14-16-22)27-19(2)31;;/h4-12,17,21-22H,3,13-16,18H2,1-2H3,(H,27,31)(H,28,29);2*1H/t21-,22+;;. The van der Waals surface area contributed by atoms with Crippen LogP contribution in [0.3, 0.4) is 0 Å². The van der Waals surface area contributed by atoms with Gasteiger partial charge >= 0.3 is 0 Å². The number of hydrogen-bond acceptors (Lipinski definition) is 4. The van der Waals surface area contributed by atoms with Gasteiger partial charge in [0.05, 0.1) is 5.52 Å². The van der Waals surface area contributed by atoms with Crippen molar-refractivity contribution in [2.75, 3.05) is 16.8 Å². The Hall–Kier alpha value is -2.50. The Morgan fingerprint density at radius 1 is 0.970 bits per heavy atom. The van der Waals surface area contributed by atoms with E-state index in [1.807, 2.05) is 0 Å². The summed E-state index contributed by atoms with van der Waals surface area (Å²) in [4.78, 5) is 18.6. The Kier molecular flexibility index (Phi) is 10.3. The Labute approximate surface area is 209 Å². The molecule has 1 fully saturated rings. The summed E-state index contributed by atoms with van der Waals surface area (Å²) in [5, 5.41) is 7.94. The molecule has 1 saturated carbocycles. The zero-order valence-corrected chi connectivity index (χ0v) is 20.9. The zero-order chi connectivity index (χ0) is 21.6. The van der Waals surface area contributed by atoms with E-state index in [1.54, 1.807) is 6.92 Å². The number of benzene rings is 2. The maximum atomic E-state index is 11.3. The van der Waals surface area contributed by atoms with E-state index in [9.17, 15) is 4.79 Å². The van der Waals surface area contributed by atoms with Crippen molar-refractivity contribution in [2.45, 2.75) is 58.2 Å². The van der Waals surface area contributed by atoms with Crippen molar-refractivity contribution >= 4 is 53.1 Å². The Morgan fingerprint density at radius 3 is 2.27 bits per heavy atom. The summed E-state index contributed by atoms with van der Waals surface area (Å²) in [6.07, 6.45) is 4.10. The summed E-state index contributed by atoms with van der Waals surface area (Å²) in [6.45, 7) is 5.58. The van der Waals surface area contributed by atoms with Crippen LogP contribution in [-0.4, -0.2) is 29.5 Å². The number of para-hydroxylation sites is 2. The minimum absolute atomic E-state index is 0. The average molecular weight is 489 g/mol. The molecule has 5 nitrogen and oxygen atoms in total. The van der Waals surface area contributed by atoms with E-state index in [2.05, 4.69) is 83.1 Å². The van der Waals surface area contributed by atoms with Crippen molar-refractivity contribution < 1.29 is 4.79 Å². The largest absolute Gasteiger partial charge is 0.367 e. The summed E-state index contributed by atoms with van der Waals surface area (Å²) in [7, 11) is 0. The molecular formula is C26H34Cl2N4O. The van der Waals surface area contributed by atoms with E-state index in [0.717, 1.165) is 50.1 Å². The van der Waals surface area contributed by atoms with Crippen molar-refractivity contribution in [2.24, 2.45) is 0 Å². The van der Waals surface area contributed by atoms with Crippen molar-refractivity contribution in [1.82, 2.24) is 10.3 Å². The van der Waals surface area contributed by atoms with Gasteiger partial charge in [0, 0.05) is 43.2 Å². The first-order chi connectivity index (χ1) is 15.1. The predicted molar refractivity (Wildman–Crippen MR) is 143 cm³/mol. The van der Waals surface area contributed by atoms with E-state index < -0.39 is 0 Å². The highest BCUT2D eigenvalue weighted by Gasteiger charge is 2.22. The highest BCUT2D eigenvalue weighted by molar-refractivity contribution is 5.86. The van der Waals surface area contributed by atoms with Crippen LogP contribution < -0.4 is 15.5 Å². The molecule has 1 aliphatic rings. The van der Waals surface area contributed by atoms with Gasteiger partial charge in [0.15, 0.2) is 0 Å². The normalized spacial score (nSPS) is 17.4. The van der Waals surface area contributed by atoms with E-state index >= 15 is 0 Å². The number of fused-ring (bicyclic) bond motifs is 1. The molecule has 1 heterocycles. The maximum Gasteiger partial charge on any atom is 0.217 e. The number of pyridine rings is 1. The molecule has 0 bridgehead atoms. The number of hydrogen-bond donors (Lipinski definition) is 2. The molecule has 2 aromatic carbocycles.